The molecule has 6 heteroatoms. The molecule has 110 valence electrons. The summed E-state index contributed by atoms with van der Waals surface area (Å²) in [4.78, 5) is 4.41. The molecule has 0 spiro atoms. The van der Waals surface area contributed by atoms with E-state index in [1.807, 2.05) is 22.9 Å². The molecule has 0 aliphatic carbocycles. The summed E-state index contributed by atoms with van der Waals surface area (Å²) in [5.41, 5.74) is 0.894. The Bertz CT molecular complexity index is 619. The molecule has 1 atom stereocenters. The summed E-state index contributed by atoms with van der Waals surface area (Å²) >= 11 is 0. The molecule has 0 saturated carbocycles. The second-order valence-corrected chi connectivity index (χ2v) is 13.6. The number of hydrogen-bond donors (Lipinski definition) is 0. The molecule has 0 bridgehead atoms. The lowest BCUT2D eigenvalue weighted by atomic mass is 10.3. The first-order valence-electron chi connectivity index (χ1n) is 6.90. The van der Waals surface area contributed by atoms with Crippen molar-refractivity contribution in [3.63, 3.8) is 0 Å². The van der Waals surface area contributed by atoms with E-state index in [1.165, 1.54) is 6.04 Å². The van der Waals surface area contributed by atoms with Gasteiger partial charge in [0, 0.05) is 37.8 Å². The van der Waals surface area contributed by atoms with Crippen molar-refractivity contribution < 1.29 is 9.30 Å². The molecule has 2 aromatic rings. The maximum atomic E-state index is 11.5. The van der Waals surface area contributed by atoms with Crippen LogP contribution in [-0.4, -0.2) is 30.9 Å². The first-order chi connectivity index (χ1) is 9.37. The van der Waals surface area contributed by atoms with Crippen LogP contribution in [0.1, 0.15) is 0 Å². The number of ether oxygens (including phenoxy) is 1. The number of fused-ring (bicyclic) bond motifs is 1. The van der Waals surface area contributed by atoms with E-state index < -0.39 is 15.9 Å². The van der Waals surface area contributed by atoms with Crippen molar-refractivity contribution in [2.45, 2.75) is 32.4 Å². The Kier molecular flexibility index (Phi) is 4.84. The Morgan fingerprint density at radius 1 is 1.40 bits per heavy atom. The molecule has 0 radical (unpaired) electrons. The summed E-state index contributed by atoms with van der Waals surface area (Å²) in [6, 6.07) is 5.13. The van der Waals surface area contributed by atoms with Gasteiger partial charge in [0.2, 0.25) is 0 Å². The lowest BCUT2D eigenvalue weighted by Crippen LogP contribution is -2.22. The molecule has 4 nitrogen and oxygen atoms in total. The molecule has 0 saturated heterocycles. The Hall–Kier alpha value is -0.903. The largest absolute Gasteiger partial charge is 0.361 e. The molecule has 0 fully saturated rings. The van der Waals surface area contributed by atoms with Gasteiger partial charge in [0.15, 0.2) is 0 Å². The van der Waals surface area contributed by atoms with Gasteiger partial charge in [-0.25, -0.2) is 4.98 Å². The number of aromatic nitrogens is 2. The number of nitrogens with zero attached hydrogens (tertiary/aromatic N) is 2. The van der Waals surface area contributed by atoms with E-state index in [4.69, 9.17) is 4.74 Å². The highest BCUT2D eigenvalue weighted by Crippen LogP contribution is 2.18. The van der Waals surface area contributed by atoms with Crippen LogP contribution < -0.4 is 5.30 Å². The van der Waals surface area contributed by atoms with Crippen LogP contribution in [-0.2, 0) is 16.0 Å². The predicted molar refractivity (Wildman–Crippen MR) is 88.4 cm³/mol. The number of pyridine rings is 1. The van der Waals surface area contributed by atoms with Gasteiger partial charge in [0.05, 0.1) is 0 Å². The van der Waals surface area contributed by atoms with E-state index in [9.17, 15) is 4.57 Å². The van der Waals surface area contributed by atoms with Crippen LogP contribution in [0.15, 0.2) is 24.5 Å². The van der Waals surface area contributed by atoms with E-state index in [-0.39, 0.29) is 0 Å². The summed E-state index contributed by atoms with van der Waals surface area (Å²) in [6.45, 7) is 10.1. The highest BCUT2D eigenvalue weighted by molar-refractivity contribution is 7.52. The zero-order chi connectivity index (χ0) is 14.8. The molecule has 1 unspecified atom stereocenters. The van der Waals surface area contributed by atoms with E-state index in [0.717, 1.165) is 22.9 Å². The summed E-state index contributed by atoms with van der Waals surface area (Å²) in [6.07, 6.45) is 3.69. The average Bonchev–Trinajstić information content (AvgIpc) is 2.76. The van der Waals surface area contributed by atoms with Gasteiger partial charge in [0.1, 0.15) is 20.2 Å². The van der Waals surface area contributed by atoms with Crippen molar-refractivity contribution in [3.8, 4) is 0 Å². The topological polar surface area (TPSA) is 44.1 Å². The lowest BCUT2D eigenvalue weighted by molar-refractivity contribution is 0.0899. The molecule has 0 N–H and O–H groups in total. The third-order valence-electron chi connectivity index (χ3n) is 3.23. The number of rotatable bonds is 6. The highest BCUT2D eigenvalue weighted by Gasteiger charge is 2.12. The zero-order valence-corrected chi connectivity index (χ0v) is 14.6. The predicted octanol–water partition coefficient (Wildman–Crippen LogP) is 3.16. The van der Waals surface area contributed by atoms with Crippen LogP contribution in [0.5, 0.6) is 0 Å². The van der Waals surface area contributed by atoms with Gasteiger partial charge in [-0.15, -0.1) is 0 Å². The van der Waals surface area contributed by atoms with Gasteiger partial charge < -0.3 is 13.9 Å². The first-order valence-corrected chi connectivity index (χ1v) is 12.5. The third-order valence-corrected chi connectivity index (χ3v) is 6.03. The maximum absolute atomic E-state index is 11.5. The number of hydrogen-bond acceptors (Lipinski definition) is 3. The molecular weight excluding hydrogens is 287 g/mol. The fourth-order valence-electron chi connectivity index (χ4n) is 1.92. The Morgan fingerprint density at radius 3 is 2.80 bits per heavy atom. The summed E-state index contributed by atoms with van der Waals surface area (Å²) in [5.74, 6) is 0. The fourth-order valence-corrected chi connectivity index (χ4v) is 3.28. The normalized spacial score (nSPS) is 13.8. The van der Waals surface area contributed by atoms with E-state index in [1.54, 1.807) is 12.9 Å². The van der Waals surface area contributed by atoms with Crippen LogP contribution in [0.3, 0.4) is 0 Å². The quantitative estimate of drug-likeness (QED) is 0.468. The SMILES string of the molecule is C[PH](=O)c1cnc2c(ccn2COCC[Si](C)(C)C)c1. The van der Waals surface area contributed by atoms with Gasteiger partial charge in [-0.2, -0.15) is 0 Å². The van der Waals surface area contributed by atoms with Crippen molar-refractivity contribution in [2.75, 3.05) is 13.3 Å². The lowest BCUT2D eigenvalue weighted by Gasteiger charge is -2.15. The van der Waals surface area contributed by atoms with Crippen molar-refractivity contribution >= 4 is 32.2 Å². The molecule has 2 heterocycles. The highest BCUT2D eigenvalue weighted by atomic mass is 31.1. The van der Waals surface area contributed by atoms with Gasteiger partial charge in [-0.05, 0) is 24.8 Å². The van der Waals surface area contributed by atoms with Crippen LogP contribution >= 0.6 is 7.80 Å². The standard InChI is InChI=1S/C14H23N2O2PSi/c1-19(17)13-9-12-5-6-16(14(12)15-10-13)11-18-7-8-20(2,3)4/h5-6,9-10,19H,7-8,11H2,1-4H3. The Morgan fingerprint density at radius 2 is 2.15 bits per heavy atom. The van der Waals surface area contributed by atoms with E-state index >= 15 is 0 Å². The van der Waals surface area contributed by atoms with E-state index in [2.05, 4.69) is 24.6 Å². The molecule has 0 aliphatic rings. The van der Waals surface area contributed by atoms with E-state index in [0.29, 0.717) is 6.73 Å². The van der Waals surface area contributed by atoms with Crippen molar-refractivity contribution in [1.82, 2.24) is 9.55 Å². The molecule has 2 aromatic heterocycles. The molecule has 0 amide bonds. The minimum absolute atomic E-state index is 0.529. The van der Waals surface area contributed by atoms with Crippen LogP contribution in [0.2, 0.25) is 25.7 Å². The molecular formula is C14H23N2O2PSi. The first kappa shape index (κ1) is 15.5. The van der Waals surface area contributed by atoms with Gasteiger partial charge in [0.25, 0.3) is 0 Å². The minimum Gasteiger partial charge on any atom is -0.361 e. The van der Waals surface area contributed by atoms with Crippen LogP contribution in [0.25, 0.3) is 11.0 Å². The van der Waals surface area contributed by atoms with Crippen molar-refractivity contribution in [1.29, 1.82) is 0 Å². The van der Waals surface area contributed by atoms with Crippen molar-refractivity contribution in [3.05, 3.63) is 24.5 Å². The molecule has 0 aromatic carbocycles. The second kappa shape index (κ2) is 6.25. The average molecular weight is 310 g/mol. The van der Waals surface area contributed by atoms with Gasteiger partial charge >= 0.3 is 0 Å². The Balaban J connectivity index is 2.03. The third kappa shape index (κ3) is 4.04. The molecule has 20 heavy (non-hydrogen) atoms. The van der Waals surface area contributed by atoms with Crippen LogP contribution in [0, 0.1) is 0 Å². The summed E-state index contributed by atoms with van der Waals surface area (Å²) in [7, 11) is -2.71. The second-order valence-electron chi connectivity index (χ2n) is 6.33. The minimum atomic E-state index is -1.68. The summed E-state index contributed by atoms with van der Waals surface area (Å²) in [5, 5.41) is 1.86. The fraction of sp³-hybridized carbons (Fsp3) is 0.500. The van der Waals surface area contributed by atoms with Crippen molar-refractivity contribution in [2.24, 2.45) is 0 Å². The monoisotopic (exact) mass is 310 g/mol. The van der Waals surface area contributed by atoms with Gasteiger partial charge in [-0.3, -0.25) is 0 Å². The van der Waals surface area contributed by atoms with Gasteiger partial charge in [-0.1, -0.05) is 19.6 Å². The Labute approximate surface area is 122 Å². The summed E-state index contributed by atoms with van der Waals surface area (Å²) < 4.78 is 19.3. The maximum Gasteiger partial charge on any atom is 0.141 e. The molecule has 2 rings (SSSR count). The van der Waals surface area contributed by atoms with Crippen LogP contribution in [0.4, 0.5) is 0 Å². The molecule has 0 aliphatic heterocycles. The smallest absolute Gasteiger partial charge is 0.141 e. The zero-order valence-electron chi connectivity index (χ0n) is 12.6.